The van der Waals surface area contributed by atoms with E-state index in [9.17, 15) is 9.59 Å². The van der Waals surface area contributed by atoms with Crippen LogP contribution in [0.15, 0.2) is 57.1 Å². The summed E-state index contributed by atoms with van der Waals surface area (Å²) in [5.74, 6) is 0.299. The molecule has 9 heteroatoms. The van der Waals surface area contributed by atoms with E-state index in [1.165, 1.54) is 16.0 Å². The van der Waals surface area contributed by atoms with Crippen molar-refractivity contribution in [2.75, 3.05) is 0 Å². The van der Waals surface area contributed by atoms with E-state index in [1.54, 1.807) is 6.07 Å². The third-order valence-electron chi connectivity index (χ3n) is 3.90. The molecule has 0 aliphatic carbocycles. The van der Waals surface area contributed by atoms with Crippen molar-refractivity contribution in [3.63, 3.8) is 0 Å². The van der Waals surface area contributed by atoms with Crippen molar-refractivity contribution in [3.05, 3.63) is 64.1 Å². The molecule has 26 heavy (non-hydrogen) atoms. The average molecular weight is 369 g/mol. The minimum atomic E-state index is -0.459. The van der Waals surface area contributed by atoms with Gasteiger partial charge in [-0.05, 0) is 47.0 Å². The summed E-state index contributed by atoms with van der Waals surface area (Å²) in [7, 11) is 0. The van der Waals surface area contributed by atoms with Crippen LogP contribution in [0.25, 0.3) is 16.0 Å². The number of para-hydroxylation sites is 1. The number of tetrazole rings is 1. The van der Waals surface area contributed by atoms with Gasteiger partial charge in [0.25, 0.3) is 0 Å². The third kappa shape index (κ3) is 3.04. The highest BCUT2D eigenvalue weighted by Gasteiger charge is 2.17. The van der Waals surface area contributed by atoms with Crippen molar-refractivity contribution in [1.29, 1.82) is 0 Å². The number of carbonyl (C=O) groups is 1. The maximum absolute atomic E-state index is 12.3. The summed E-state index contributed by atoms with van der Waals surface area (Å²) in [4.78, 5) is 24.6. The van der Waals surface area contributed by atoms with Gasteiger partial charge in [-0.15, -0.1) is 11.3 Å². The lowest BCUT2D eigenvalue weighted by molar-refractivity contribution is -0.122. The summed E-state index contributed by atoms with van der Waals surface area (Å²) in [5.41, 5.74) is 0.303. The number of rotatable bonds is 5. The Hall–Kier alpha value is -3.20. The Bertz CT molecular complexity index is 1080. The molecule has 0 bridgehead atoms. The fourth-order valence-corrected chi connectivity index (χ4v) is 3.28. The highest BCUT2D eigenvalue weighted by Crippen LogP contribution is 2.23. The molecule has 0 spiro atoms. The number of carbonyl (C=O) groups excluding carboxylic acids is 1. The average Bonchev–Trinajstić information content (AvgIpc) is 3.35. The van der Waals surface area contributed by atoms with Crippen LogP contribution in [0, 0.1) is 0 Å². The largest absolute Gasteiger partial charge is 0.459 e. The van der Waals surface area contributed by atoms with Crippen LogP contribution in [-0.4, -0.2) is 25.7 Å². The predicted octanol–water partition coefficient (Wildman–Crippen LogP) is 2.11. The van der Waals surface area contributed by atoms with Crippen LogP contribution in [0.4, 0.5) is 0 Å². The summed E-state index contributed by atoms with van der Waals surface area (Å²) < 4.78 is 7.94. The second-order valence-corrected chi connectivity index (χ2v) is 6.68. The van der Waals surface area contributed by atoms with Crippen LogP contribution in [0.2, 0.25) is 0 Å². The first-order chi connectivity index (χ1) is 12.6. The molecule has 4 rings (SSSR count). The van der Waals surface area contributed by atoms with Gasteiger partial charge >= 0.3 is 5.69 Å². The van der Waals surface area contributed by atoms with Crippen molar-refractivity contribution in [3.8, 4) is 5.00 Å². The highest BCUT2D eigenvalue weighted by molar-refractivity contribution is 7.12. The van der Waals surface area contributed by atoms with Gasteiger partial charge in [0.15, 0.2) is 0 Å². The van der Waals surface area contributed by atoms with Crippen molar-refractivity contribution < 1.29 is 9.21 Å². The van der Waals surface area contributed by atoms with Crippen molar-refractivity contribution >= 4 is 28.2 Å². The smallest absolute Gasteiger partial charge is 0.369 e. The molecule has 0 saturated heterocycles. The minimum Gasteiger partial charge on any atom is -0.459 e. The Balaban J connectivity index is 1.46. The van der Waals surface area contributed by atoms with Crippen LogP contribution >= 0.6 is 11.3 Å². The second-order valence-electron chi connectivity index (χ2n) is 5.76. The van der Waals surface area contributed by atoms with Gasteiger partial charge < -0.3 is 9.73 Å². The first-order valence-corrected chi connectivity index (χ1v) is 8.84. The maximum atomic E-state index is 12.3. The molecule has 1 N–H and O–H groups in total. The lowest BCUT2D eigenvalue weighted by atomic mass is 10.2. The molecule has 132 valence electrons. The van der Waals surface area contributed by atoms with Crippen molar-refractivity contribution in [2.45, 2.75) is 19.5 Å². The predicted molar refractivity (Wildman–Crippen MR) is 96.3 cm³/mol. The molecular formula is C17H15N5O3S. The molecule has 3 aromatic heterocycles. The van der Waals surface area contributed by atoms with Gasteiger partial charge in [0, 0.05) is 5.39 Å². The number of nitrogens with zero attached hydrogens (tertiary/aromatic N) is 4. The Morgan fingerprint density at radius 1 is 1.27 bits per heavy atom. The first kappa shape index (κ1) is 16.3. The Morgan fingerprint density at radius 2 is 2.12 bits per heavy atom. The zero-order chi connectivity index (χ0) is 18.1. The Labute approximate surface area is 151 Å². The van der Waals surface area contributed by atoms with Crippen molar-refractivity contribution in [1.82, 2.24) is 25.1 Å². The number of hydrogen-bond donors (Lipinski definition) is 1. The van der Waals surface area contributed by atoms with Gasteiger partial charge in [-0.2, -0.15) is 9.36 Å². The van der Waals surface area contributed by atoms with Crippen LogP contribution in [0.3, 0.4) is 0 Å². The summed E-state index contributed by atoms with van der Waals surface area (Å²) >= 11 is 1.37. The first-order valence-electron chi connectivity index (χ1n) is 7.96. The topological polar surface area (TPSA) is 95.0 Å². The highest BCUT2D eigenvalue weighted by atomic mass is 32.1. The number of aromatic nitrogens is 4. The number of amides is 1. The molecular weight excluding hydrogens is 354 g/mol. The molecule has 1 atom stereocenters. The molecule has 0 fully saturated rings. The van der Waals surface area contributed by atoms with Crippen LogP contribution in [-0.2, 0) is 11.3 Å². The Morgan fingerprint density at radius 3 is 2.88 bits per heavy atom. The van der Waals surface area contributed by atoms with Crippen LogP contribution < -0.4 is 11.0 Å². The molecule has 3 heterocycles. The minimum absolute atomic E-state index is 0.214. The maximum Gasteiger partial charge on any atom is 0.369 e. The fourth-order valence-electron chi connectivity index (χ4n) is 2.61. The van der Waals surface area contributed by atoms with Gasteiger partial charge in [-0.1, -0.05) is 18.2 Å². The fraction of sp³-hybridized carbons (Fsp3) is 0.176. The molecule has 0 aliphatic rings. The van der Waals surface area contributed by atoms with E-state index in [2.05, 4.69) is 15.7 Å². The number of benzene rings is 1. The molecule has 4 aromatic rings. The quantitative estimate of drug-likeness (QED) is 0.581. The molecule has 0 radical (unpaired) electrons. The van der Waals surface area contributed by atoms with E-state index < -0.39 is 5.69 Å². The molecule has 8 nitrogen and oxygen atoms in total. The number of hydrogen-bond acceptors (Lipinski definition) is 6. The van der Waals surface area contributed by atoms with Gasteiger partial charge in [0.2, 0.25) is 5.91 Å². The molecule has 0 unspecified atom stereocenters. The third-order valence-corrected chi connectivity index (χ3v) is 4.74. The van der Waals surface area contributed by atoms with E-state index in [0.29, 0.717) is 10.8 Å². The van der Waals surface area contributed by atoms with E-state index in [0.717, 1.165) is 15.7 Å². The molecule has 0 saturated carbocycles. The summed E-state index contributed by atoms with van der Waals surface area (Å²) in [5, 5.41) is 13.8. The van der Waals surface area contributed by atoms with E-state index in [4.69, 9.17) is 4.42 Å². The Kier molecular flexibility index (Phi) is 4.13. The molecule has 0 aliphatic heterocycles. The van der Waals surface area contributed by atoms with E-state index in [-0.39, 0.29) is 18.5 Å². The lowest BCUT2D eigenvalue weighted by Gasteiger charge is -2.10. The van der Waals surface area contributed by atoms with Crippen molar-refractivity contribution in [2.24, 2.45) is 0 Å². The summed E-state index contributed by atoms with van der Waals surface area (Å²) in [6.45, 7) is 1.61. The number of thiophene rings is 1. The zero-order valence-corrected chi connectivity index (χ0v) is 14.6. The number of furan rings is 1. The summed E-state index contributed by atoms with van der Waals surface area (Å²) in [6.07, 6.45) is 0. The van der Waals surface area contributed by atoms with Gasteiger partial charge in [0.05, 0.1) is 6.04 Å². The molecule has 1 aromatic carbocycles. The normalized spacial score (nSPS) is 12.3. The zero-order valence-electron chi connectivity index (χ0n) is 13.8. The van der Waals surface area contributed by atoms with Gasteiger partial charge in [0.1, 0.15) is 22.9 Å². The van der Waals surface area contributed by atoms with E-state index >= 15 is 0 Å². The van der Waals surface area contributed by atoms with Gasteiger partial charge in [-0.3, -0.25) is 4.79 Å². The lowest BCUT2D eigenvalue weighted by Crippen LogP contribution is -2.34. The number of fused-ring (bicyclic) bond motifs is 1. The SMILES string of the molecule is C[C@@H](NC(=O)Cn1nnn(-c2cccs2)c1=O)c1cc2ccccc2o1. The van der Waals surface area contributed by atoms with Crippen LogP contribution in [0.5, 0.6) is 0 Å². The monoisotopic (exact) mass is 369 g/mol. The second kappa shape index (κ2) is 6.60. The van der Waals surface area contributed by atoms with Crippen LogP contribution in [0.1, 0.15) is 18.7 Å². The number of nitrogens with one attached hydrogen (secondary N) is 1. The molecule has 1 amide bonds. The summed E-state index contributed by atoms with van der Waals surface area (Å²) in [6, 6.07) is 12.8. The van der Waals surface area contributed by atoms with E-state index in [1.807, 2.05) is 48.7 Å². The standard InChI is InChI=1S/C17H15N5O3S/c1-11(14-9-12-5-2-3-6-13(12)25-14)18-15(23)10-21-17(24)22(20-19-21)16-7-4-8-26-16/h2-9,11H,10H2,1H3,(H,18,23)/t11-/m1/s1. The van der Waals surface area contributed by atoms with Gasteiger partial charge in [-0.25, -0.2) is 4.79 Å².